The largest absolute Gasteiger partial charge is 0.352 e. The molecule has 0 bridgehead atoms. The Kier molecular flexibility index (Phi) is 3.14. The Hall–Kier alpha value is -1.62. The second-order valence-electron chi connectivity index (χ2n) is 4.98. The molecule has 0 saturated carbocycles. The van der Waals surface area contributed by atoms with Gasteiger partial charge in [-0.1, -0.05) is 0 Å². The molecule has 3 heterocycles. The Bertz CT molecular complexity index is 627. The van der Waals surface area contributed by atoms with Crippen LogP contribution in [0, 0.1) is 13.8 Å². The van der Waals surface area contributed by atoms with E-state index >= 15 is 0 Å². The molecule has 100 valence electrons. The number of aryl methyl sites for hydroxylation is 3. The molecule has 0 atom stereocenters. The zero-order chi connectivity index (χ0) is 13.4. The first-order chi connectivity index (χ1) is 9.13. The van der Waals surface area contributed by atoms with Gasteiger partial charge in [-0.3, -0.25) is 9.48 Å². The number of fused-ring (bicyclic) bond motifs is 1. The fourth-order valence-electron chi connectivity index (χ4n) is 2.48. The molecular weight excluding hydrogens is 258 g/mol. The van der Waals surface area contributed by atoms with Gasteiger partial charge in [-0.15, -0.1) is 11.3 Å². The molecule has 0 unspecified atom stereocenters. The molecular formula is C14H17N3OS. The lowest BCUT2D eigenvalue weighted by Gasteiger charge is -2.01. The van der Waals surface area contributed by atoms with E-state index in [0.29, 0.717) is 0 Å². The predicted molar refractivity (Wildman–Crippen MR) is 75.8 cm³/mol. The van der Waals surface area contributed by atoms with Crippen molar-refractivity contribution < 1.29 is 4.79 Å². The lowest BCUT2D eigenvalue weighted by atomic mass is 10.2. The zero-order valence-corrected chi connectivity index (χ0v) is 12.0. The molecule has 5 heteroatoms. The average molecular weight is 275 g/mol. The molecule has 0 radical (unpaired) electrons. The van der Waals surface area contributed by atoms with Crippen LogP contribution in [0.1, 0.15) is 37.8 Å². The maximum absolute atomic E-state index is 11.9. The van der Waals surface area contributed by atoms with Crippen molar-refractivity contribution in [3.8, 4) is 0 Å². The molecule has 1 N–H and O–H groups in total. The molecule has 19 heavy (non-hydrogen) atoms. The number of thiophene rings is 1. The van der Waals surface area contributed by atoms with Crippen LogP contribution in [-0.4, -0.2) is 22.2 Å². The second-order valence-corrected chi connectivity index (χ2v) is 6.45. The summed E-state index contributed by atoms with van der Waals surface area (Å²) >= 11 is 1.81. The summed E-state index contributed by atoms with van der Waals surface area (Å²) in [5, 5.41) is 7.47. The Balaban J connectivity index is 1.89. The Labute approximate surface area is 116 Å². The second kappa shape index (κ2) is 4.81. The molecule has 1 aliphatic heterocycles. The van der Waals surface area contributed by atoms with Crippen molar-refractivity contribution in [3.63, 3.8) is 0 Å². The first-order valence-electron chi connectivity index (χ1n) is 6.54. The fourth-order valence-corrected chi connectivity index (χ4v) is 3.42. The summed E-state index contributed by atoms with van der Waals surface area (Å²) in [5.74, 6) is 0.0111. The van der Waals surface area contributed by atoms with Gasteiger partial charge in [-0.05, 0) is 38.3 Å². The van der Waals surface area contributed by atoms with Gasteiger partial charge < -0.3 is 5.32 Å². The van der Waals surface area contributed by atoms with Crippen LogP contribution in [0.4, 0.5) is 0 Å². The van der Waals surface area contributed by atoms with E-state index in [1.165, 1.54) is 15.3 Å². The van der Waals surface area contributed by atoms with Crippen molar-refractivity contribution in [1.29, 1.82) is 0 Å². The number of nitrogens with one attached hydrogen (secondary N) is 1. The minimum absolute atomic E-state index is 0.0111. The van der Waals surface area contributed by atoms with Gasteiger partial charge in [0.15, 0.2) is 0 Å². The van der Waals surface area contributed by atoms with E-state index in [4.69, 9.17) is 0 Å². The normalized spacial score (nSPS) is 14.9. The fraction of sp³-hybridized carbons (Fsp3) is 0.429. The van der Waals surface area contributed by atoms with Crippen LogP contribution in [-0.2, 0) is 13.0 Å². The van der Waals surface area contributed by atoms with E-state index in [0.717, 1.165) is 37.2 Å². The molecule has 0 spiro atoms. The third-order valence-electron chi connectivity index (χ3n) is 3.43. The summed E-state index contributed by atoms with van der Waals surface area (Å²) in [6.45, 7) is 5.75. The van der Waals surface area contributed by atoms with Gasteiger partial charge in [0.05, 0.1) is 17.8 Å². The van der Waals surface area contributed by atoms with E-state index in [2.05, 4.69) is 30.3 Å². The quantitative estimate of drug-likeness (QED) is 0.914. The highest BCUT2D eigenvalue weighted by Gasteiger charge is 2.19. The van der Waals surface area contributed by atoms with Crippen molar-refractivity contribution in [2.75, 3.05) is 6.54 Å². The first-order valence-corrected chi connectivity index (χ1v) is 7.35. The smallest absolute Gasteiger partial charge is 0.254 e. The number of aromatic nitrogens is 2. The summed E-state index contributed by atoms with van der Waals surface area (Å²) in [4.78, 5) is 14.5. The minimum Gasteiger partial charge on any atom is -0.352 e. The van der Waals surface area contributed by atoms with Crippen molar-refractivity contribution in [1.82, 2.24) is 15.1 Å². The van der Waals surface area contributed by atoms with Gasteiger partial charge in [0.1, 0.15) is 0 Å². The lowest BCUT2D eigenvalue weighted by Crippen LogP contribution is -2.22. The van der Waals surface area contributed by atoms with Crippen molar-refractivity contribution in [3.05, 3.63) is 38.8 Å². The van der Waals surface area contributed by atoms with E-state index in [9.17, 15) is 4.79 Å². The van der Waals surface area contributed by atoms with Crippen LogP contribution < -0.4 is 5.32 Å². The van der Waals surface area contributed by atoms with Gasteiger partial charge in [0.25, 0.3) is 5.91 Å². The monoisotopic (exact) mass is 275 g/mol. The third-order valence-corrected chi connectivity index (χ3v) is 4.44. The van der Waals surface area contributed by atoms with E-state index < -0.39 is 0 Å². The SMILES string of the molecule is Cc1cc(Cn2cc3c(n2)CCCNC3=O)c(C)s1. The molecule has 3 rings (SSSR count). The molecule has 1 amide bonds. The lowest BCUT2D eigenvalue weighted by molar-refractivity contribution is 0.0956. The van der Waals surface area contributed by atoms with Crippen molar-refractivity contribution in [2.45, 2.75) is 33.2 Å². The highest BCUT2D eigenvalue weighted by atomic mass is 32.1. The number of carbonyl (C=O) groups excluding carboxylic acids is 1. The molecule has 0 aliphatic carbocycles. The Morgan fingerprint density at radius 1 is 1.47 bits per heavy atom. The van der Waals surface area contributed by atoms with Gasteiger partial charge in [0.2, 0.25) is 0 Å². The highest BCUT2D eigenvalue weighted by molar-refractivity contribution is 7.12. The van der Waals surface area contributed by atoms with Crippen LogP contribution in [0.5, 0.6) is 0 Å². The minimum atomic E-state index is 0.0111. The molecule has 0 fully saturated rings. The van der Waals surface area contributed by atoms with Crippen LogP contribution in [0.3, 0.4) is 0 Å². The summed E-state index contributed by atoms with van der Waals surface area (Å²) in [5.41, 5.74) is 2.96. The molecule has 1 aliphatic rings. The van der Waals surface area contributed by atoms with Gasteiger partial charge in [-0.25, -0.2) is 0 Å². The molecule has 4 nitrogen and oxygen atoms in total. The van der Waals surface area contributed by atoms with E-state index in [1.807, 2.05) is 10.9 Å². The summed E-state index contributed by atoms with van der Waals surface area (Å²) in [7, 11) is 0. The average Bonchev–Trinajstić information content (AvgIpc) is 2.84. The number of hydrogen-bond donors (Lipinski definition) is 1. The van der Waals surface area contributed by atoms with Crippen LogP contribution in [0.25, 0.3) is 0 Å². The van der Waals surface area contributed by atoms with Crippen LogP contribution in [0.15, 0.2) is 12.3 Å². The van der Waals surface area contributed by atoms with Gasteiger partial charge in [-0.2, -0.15) is 5.10 Å². The van der Waals surface area contributed by atoms with Crippen molar-refractivity contribution in [2.24, 2.45) is 0 Å². The number of carbonyl (C=O) groups is 1. The molecule has 2 aromatic heterocycles. The third kappa shape index (κ3) is 2.42. The first kappa shape index (κ1) is 12.4. The van der Waals surface area contributed by atoms with Crippen LogP contribution >= 0.6 is 11.3 Å². The topological polar surface area (TPSA) is 46.9 Å². The summed E-state index contributed by atoms with van der Waals surface area (Å²) in [6, 6.07) is 2.20. The molecule has 2 aromatic rings. The zero-order valence-electron chi connectivity index (χ0n) is 11.2. The summed E-state index contributed by atoms with van der Waals surface area (Å²) < 4.78 is 1.89. The van der Waals surface area contributed by atoms with Gasteiger partial charge in [0, 0.05) is 22.5 Å². The Morgan fingerprint density at radius 3 is 3.05 bits per heavy atom. The Morgan fingerprint density at radius 2 is 2.32 bits per heavy atom. The number of hydrogen-bond acceptors (Lipinski definition) is 3. The highest BCUT2D eigenvalue weighted by Crippen LogP contribution is 2.22. The van der Waals surface area contributed by atoms with E-state index in [1.54, 1.807) is 11.3 Å². The standard InChI is InChI=1S/C14H17N3OS/c1-9-6-11(10(2)19-9)7-17-8-12-13(16-17)4-3-5-15-14(12)18/h6,8H,3-5,7H2,1-2H3,(H,15,18). The molecule has 0 aromatic carbocycles. The van der Waals surface area contributed by atoms with E-state index in [-0.39, 0.29) is 5.91 Å². The molecule has 0 saturated heterocycles. The van der Waals surface area contributed by atoms with Crippen molar-refractivity contribution >= 4 is 17.2 Å². The maximum atomic E-state index is 11.9. The number of nitrogens with zero attached hydrogens (tertiary/aromatic N) is 2. The maximum Gasteiger partial charge on any atom is 0.254 e. The number of rotatable bonds is 2. The van der Waals surface area contributed by atoms with Crippen LogP contribution in [0.2, 0.25) is 0 Å². The summed E-state index contributed by atoms with van der Waals surface area (Å²) in [6.07, 6.45) is 3.72. The number of amides is 1. The van der Waals surface area contributed by atoms with Gasteiger partial charge >= 0.3 is 0 Å². The predicted octanol–water partition coefficient (Wildman–Crippen LogP) is 2.29.